The Labute approximate surface area is 181 Å². The Bertz CT molecular complexity index is 1050. The number of rotatable bonds is 6. The van der Waals surface area contributed by atoms with Gasteiger partial charge in [-0.2, -0.15) is 13.2 Å². The fourth-order valence-electron chi connectivity index (χ4n) is 3.33. The Balaban J connectivity index is 2.13. The predicted octanol–water partition coefficient (Wildman–Crippen LogP) is 4.44. The van der Waals surface area contributed by atoms with E-state index in [-0.39, 0.29) is 29.2 Å². The number of esters is 1. The van der Waals surface area contributed by atoms with Crippen molar-refractivity contribution in [2.24, 2.45) is 0 Å². The standard InChI is InChI=1S/C22H20F4N2O4/c1-3-31-20(29)18-16(12-32-17-11-7-6-10-15(17)23)28(2)21(30)27-19(18)13-8-4-5-9-14(13)22(24,25)26/h4-11,19H,3,12H2,1-2H3,(H,27,30). The molecule has 2 amide bonds. The highest BCUT2D eigenvalue weighted by Crippen LogP contribution is 2.39. The van der Waals surface area contributed by atoms with E-state index in [2.05, 4.69) is 5.32 Å². The maximum atomic E-state index is 14.0. The highest BCUT2D eigenvalue weighted by atomic mass is 19.4. The van der Waals surface area contributed by atoms with Crippen LogP contribution in [0.1, 0.15) is 24.1 Å². The van der Waals surface area contributed by atoms with Gasteiger partial charge in [-0.15, -0.1) is 0 Å². The predicted molar refractivity (Wildman–Crippen MR) is 106 cm³/mol. The molecule has 0 bridgehead atoms. The van der Waals surface area contributed by atoms with E-state index < -0.39 is 42.2 Å². The van der Waals surface area contributed by atoms with Crippen LogP contribution < -0.4 is 10.1 Å². The summed E-state index contributed by atoms with van der Waals surface area (Å²) in [5, 5.41) is 2.42. The van der Waals surface area contributed by atoms with Gasteiger partial charge in [-0.05, 0) is 30.7 Å². The lowest BCUT2D eigenvalue weighted by atomic mass is 9.91. The van der Waals surface area contributed by atoms with Crippen LogP contribution in [0.4, 0.5) is 22.4 Å². The molecule has 1 N–H and O–H groups in total. The fourth-order valence-corrected chi connectivity index (χ4v) is 3.33. The summed E-state index contributed by atoms with van der Waals surface area (Å²) in [6.45, 7) is 1.04. The number of carbonyl (C=O) groups excluding carboxylic acids is 2. The number of urea groups is 1. The first kappa shape index (κ1) is 23.1. The Kier molecular flexibility index (Phi) is 6.71. The summed E-state index contributed by atoms with van der Waals surface area (Å²) in [5.74, 6) is -1.74. The van der Waals surface area contributed by atoms with E-state index in [1.807, 2.05) is 0 Å². The summed E-state index contributed by atoms with van der Waals surface area (Å²) >= 11 is 0. The lowest BCUT2D eigenvalue weighted by Crippen LogP contribution is -2.48. The van der Waals surface area contributed by atoms with Crippen molar-refractivity contribution in [3.63, 3.8) is 0 Å². The minimum atomic E-state index is -4.73. The van der Waals surface area contributed by atoms with Crippen LogP contribution in [-0.4, -0.2) is 37.2 Å². The number of hydrogen-bond acceptors (Lipinski definition) is 4. The molecule has 0 aliphatic carbocycles. The van der Waals surface area contributed by atoms with Crippen LogP contribution in [0.5, 0.6) is 5.75 Å². The van der Waals surface area contributed by atoms with Gasteiger partial charge >= 0.3 is 18.2 Å². The number of para-hydroxylation sites is 1. The van der Waals surface area contributed by atoms with Gasteiger partial charge in [0.2, 0.25) is 0 Å². The molecular weight excluding hydrogens is 432 g/mol. The van der Waals surface area contributed by atoms with Crippen LogP contribution in [-0.2, 0) is 15.7 Å². The van der Waals surface area contributed by atoms with E-state index in [0.717, 1.165) is 17.0 Å². The number of carbonyl (C=O) groups is 2. The third kappa shape index (κ3) is 4.68. The average molecular weight is 452 g/mol. The van der Waals surface area contributed by atoms with Gasteiger partial charge < -0.3 is 14.8 Å². The molecule has 10 heteroatoms. The Morgan fingerprint density at radius 3 is 2.44 bits per heavy atom. The van der Waals surface area contributed by atoms with Gasteiger partial charge in [0.05, 0.1) is 29.5 Å². The Morgan fingerprint density at radius 2 is 1.78 bits per heavy atom. The van der Waals surface area contributed by atoms with Gasteiger partial charge in [-0.25, -0.2) is 14.0 Å². The zero-order valence-corrected chi connectivity index (χ0v) is 17.2. The first-order chi connectivity index (χ1) is 15.1. The van der Waals surface area contributed by atoms with Crippen LogP contribution in [0, 0.1) is 5.82 Å². The van der Waals surface area contributed by atoms with Gasteiger partial charge in [0, 0.05) is 7.05 Å². The Morgan fingerprint density at radius 1 is 1.12 bits per heavy atom. The van der Waals surface area contributed by atoms with Crippen molar-refractivity contribution in [1.29, 1.82) is 0 Å². The smallest absolute Gasteiger partial charge is 0.416 e. The number of hydrogen-bond donors (Lipinski definition) is 1. The third-order valence-corrected chi connectivity index (χ3v) is 4.85. The quantitative estimate of drug-likeness (QED) is 0.520. The summed E-state index contributed by atoms with van der Waals surface area (Å²) in [6, 6.07) is 7.89. The normalized spacial score (nSPS) is 16.6. The summed E-state index contributed by atoms with van der Waals surface area (Å²) in [4.78, 5) is 26.4. The van der Waals surface area contributed by atoms with E-state index in [1.165, 1.54) is 50.4 Å². The first-order valence-electron chi connectivity index (χ1n) is 9.63. The van der Waals surface area contributed by atoms with Crippen LogP contribution in [0.2, 0.25) is 0 Å². The van der Waals surface area contributed by atoms with Crippen molar-refractivity contribution in [2.75, 3.05) is 20.3 Å². The number of nitrogens with one attached hydrogen (secondary N) is 1. The van der Waals surface area contributed by atoms with Crippen molar-refractivity contribution in [2.45, 2.75) is 19.1 Å². The summed E-state index contributed by atoms with van der Waals surface area (Å²) in [5.41, 5.74) is -1.61. The zero-order chi connectivity index (χ0) is 23.5. The molecule has 1 aliphatic heterocycles. The highest BCUT2D eigenvalue weighted by Gasteiger charge is 2.42. The number of ether oxygens (including phenoxy) is 2. The van der Waals surface area contributed by atoms with E-state index >= 15 is 0 Å². The maximum Gasteiger partial charge on any atom is 0.416 e. The monoisotopic (exact) mass is 452 g/mol. The van der Waals surface area contributed by atoms with Gasteiger partial charge in [0.1, 0.15) is 6.61 Å². The maximum absolute atomic E-state index is 14.0. The van der Waals surface area contributed by atoms with Crippen molar-refractivity contribution in [1.82, 2.24) is 10.2 Å². The molecule has 0 spiro atoms. The molecule has 2 aromatic rings. The molecule has 1 atom stereocenters. The Hall–Kier alpha value is -3.56. The molecule has 170 valence electrons. The fraction of sp³-hybridized carbons (Fsp3) is 0.273. The van der Waals surface area contributed by atoms with Crippen molar-refractivity contribution >= 4 is 12.0 Å². The molecule has 2 aromatic carbocycles. The molecule has 0 saturated carbocycles. The molecule has 0 radical (unpaired) electrons. The lowest BCUT2D eigenvalue weighted by Gasteiger charge is -2.35. The molecule has 3 rings (SSSR count). The zero-order valence-electron chi connectivity index (χ0n) is 17.2. The third-order valence-electron chi connectivity index (χ3n) is 4.85. The van der Waals surface area contributed by atoms with Crippen LogP contribution in [0.15, 0.2) is 59.8 Å². The van der Waals surface area contributed by atoms with Crippen LogP contribution in [0.25, 0.3) is 0 Å². The van der Waals surface area contributed by atoms with E-state index in [1.54, 1.807) is 0 Å². The van der Waals surface area contributed by atoms with E-state index in [4.69, 9.17) is 9.47 Å². The number of halogens is 4. The van der Waals surface area contributed by atoms with Gasteiger partial charge in [0.15, 0.2) is 11.6 Å². The number of benzene rings is 2. The van der Waals surface area contributed by atoms with Crippen LogP contribution >= 0.6 is 0 Å². The molecule has 0 fully saturated rings. The van der Waals surface area contributed by atoms with Gasteiger partial charge in [-0.1, -0.05) is 30.3 Å². The molecule has 1 aliphatic rings. The highest BCUT2D eigenvalue weighted by molar-refractivity contribution is 5.95. The lowest BCUT2D eigenvalue weighted by molar-refractivity contribution is -0.141. The number of alkyl halides is 3. The second-order valence-electron chi connectivity index (χ2n) is 6.83. The SMILES string of the molecule is CCOC(=O)C1=C(COc2ccccc2F)N(C)C(=O)NC1c1ccccc1C(F)(F)F. The first-order valence-corrected chi connectivity index (χ1v) is 9.63. The second kappa shape index (κ2) is 9.29. The molecule has 32 heavy (non-hydrogen) atoms. The summed E-state index contributed by atoms with van der Waals surface area (Å²) in [7, 11) is 1.32. The largest absolute Gasteiger partial charge is 0.484 e. The van der Waals surface area contributed by atoms with E-state index in [9.17, 15) is 27.2 Å². The van der Waals surface area contributed by atoms with Crippen molar-refractivity contribution in [3.8, 4) is 5.75 Å². The van der Waals surface area contributed by atoms with Crippen molar-refractivity contribution < 1.29 is 36.6 Å². The number of nitrogens with zero attached hydrogens (tertiary/aromatic N) is 1. The number of amides is 2. The summed E-state index contributed by atoms with van der Waals surface area (Å²) < 4.78 is 65.4. The molecule has 1 heterocycles. The van der Waals surface area contributed by atoms with Crippen molar-refractivity contribution in [3.05, 3.63) is 76.7 Å². The minimum absolute atomic E-state index is 0.0440. The van der Waals surface area contributed by atoms with Crippen LogP contribution in [0.3, 0.4) is 0 Å². The second-order valence-corrected chi connectivity index (χ2v) is 6.83. The van der Waals surface area contributed by atoms with E-state index in [0.29, 0.717) is 0 Å². The molecular formula is C22H20F4N2O4. The average Bonchev–Trinajstić information content (AvgIpc) is 2.75. The number of likely N-dealkylation sites (N-methyl/N-ethyl adjacent to an activating group) is 1. The van der Waals surface area contributed by atoms with Gasteiger partial charge in [0.25, 0.3) is 0 Å². The van der Waals surface area contributed by atoms with Gasteiger partial charge in [-0.3, -0.25) is 4.90 Å². The topological polar surface area (TPSA) is 67.9 Å². The molecule has 1 unspecified atom stereocenters. The molecule has 0 saturated heterocycles. The summed E-state index contributed by atoms with van der Waals surface area (Å²) in [6.07, 6.45) is -4.73. The minimum Gasteiger partial charge on any atom is -0.484 e. The molecule has 0 aromatic heterocycles. The molecule has 6 nitrogen and oxygen atoms in total.